The van der Waals surface area contributed by atoms with Crippen LogP contribution in [-0.2, 0) is 4.79 Å². The average Bonchev–Trinajstić information content (AvgIpc) is 2.77. The van der Waals surface area contributed by atoms with Crippen molar-refractivity contribution in [3.8, 4) is 0 Å². The molecule has 1 saturated heterocycles. The maximum atomic E-state index is 11.4. The predicted molar refractivity (Wildman–Crippen MR) is 84.5 cm³/mol. The summed E-state index contributed by atoms with van der Waals surface area (Å²) < 4.78 is 0. The fraction of sp³-hybridized carbons (Fsp3) is 0. The molecular formula is C16H12N2OS. The van der Waals surface area contributed by atoms with Gasteiger partial charge in [0.25, 0.3) is 5.91 Å². The van der Waals surface area contributed by atoms with Gasteiger partial charge in [0, 0.05) is 0 Å². The van der Waals surface area contributed by atoms with Crippen LogP contribution in [0, 0.1) is 5.41 Å². The minimum atomic E-state index is -0.205. The molecule has 0 atom stereocenters. The number of amidine groups is 1. The highest BCUT2D eigenvalue weighted by Gasteiger charge is 2.21. The Hall–Kier alpha value is -2.33. The van der Waals surface area contributed by atoms with Gasteiger partial charge in [-0.25, -0.2) is 0 Å². The number of hydrogen-bond donors (Lipinski definition) is 2. The number of hydrogen-bond acceptors (Lipinski definition) is 3. The lowest BCUT2D eigenvalue weighted by molar-refractivity contribution is -0.115. The first kappa shape index (κ1) is 12.7. The number of thioether (sulfide) groups is 1. The zero-order chi connectivity index (χ0) is 13.9. The van der Waals surface area contributed by atoms with E-state index < -0.39 is 0 Å². The summed E-state index contributed by atoms with van der Waals surface area (Å²) in [4.78, 5) is 12.0. The predicted octanol–water partition coefficient (Wildman–Crippen LogP) is 3.53. The van der Waals surface area contributed by atoms with Crippen LogP contribution in [0.5, 0.6) is 0 Å². The minimum absolute atomic E-state index is 0.181. The summed E-state index contributed by atoms with van der Waals surface area (Å²) in [5.74, 6) is -0.205. The van der Waals surface area contributed by atoms with E-state index in [4.69, 9.17) is 5.41 Å². The second-order valence-electron chi connectivity index (χ2n) is 4.38. The maximum absolute atomic E-state index is 11.4. The Morgan fingerprint density at radius 3 is 2.65 bits per heavy atom. The molecule has 2 aromatic carbocycles. The van der Waals surface area contributed by atoms with Gasteiger partial charge in [0.1, 0.15) is 0 Å². The molecule has 1 amide bonds. The molecule has 3 rings (SSSR count). The van der Waals surface area contributed by atoms with Crippen molar-refractivity contribution >= 4 is 39.7 Å². The topological polar surface area (TPSA) is 53.0 Å². The third-order valence-electron chi connectivity index (χ3n) is 2.97. The van der Waals surface area contributed by atoms with E-state index in [1.54, 1.807) is 6.08 Å². The van der Waals surface area contributed by atoms with Crippen LogP contribution in [0.15, 0.2) is 59.5 Å². The number of carbonyl (C=O) groups is 1. The van der Waals surface area contributed by atoms with Gasteiger partial charge in [-0.15, -0.1) is 0 Å². The van der Waals surface area contributed by atoms with Gasteiger partial charge >= 0.3 is 0 Å². The van der Waals surface area contributed by atoms with Crippen molar-refractivity contribution in [2.24, 2.45) is 0 Å². The molecule has 0 bridgehead atoms. The second-order valence-corrected chi connectivity index (χ2v) is 5.43. The van der Waals surface area contributed by atoms with Gasteiger partial charge in [-0.3, -0.25) is 10.2 Å². The molecule has 0 radical (unpaired) electrons. The van der Waals surface area contributed by atoms with Crippen molar-refractivity contribution in [2.45, 2.75) is 0 Å². The molecule has 4 heteroatoms. The van der Waals surface area contributed by atoms with Crippen LogP contribution in [-0.4, -0.2) is 11.1 Å². The Balaban J connectivity index is 1.82. The zero-order valence-electron chi connectivity index (χ0n) is 10.6. The number of allylic oxidation sites excluding steroid dienone is 2. The van der Waals surface area contributed by atoms with E-state index in [0.29, 0.717) is 4.91 Å². The zero-order valence-corrected chi connectivity index (χ0v) is 11.4. The number of benzene rings is 2. The molecule has 1 aliphatic heterocycles. The van der Waals surface area contributed by atoms with Crippen LogP contribution in [0.2, 0.25) is 0 Å². The van der Waals surface area contributed by atoms with Gasteiger partial charge in [-0.1, -0.05) is 48.6 Å². The van der Waals surface area contributed by atoms with Crippen molar-refractivity contribution in [2.75, 3.05) is 0 Å². The maximum Gasteiger partial charge on any atom is 0.264 e. The number of amides is 1. The molecule has 2 aromatic rings. The van der Waals surface area contributed by atoms with E-state index in [1.165, 1.54) is 10.8 Å². The summed E-state index contributed by atoms with van der Waals surface area (Å²) in [7, 11) is 0. The Labute approximate surface area is 120 Å². The minimum Gasteiger partial charge on any atom is -0.301 e. The van der Waals surface area contributed by atoms with Crippen molar-refractivity contribution in [1.29, 1.82) is 5.41 Å². The molecule has 20 heavy (non-hydrogen) atoms. The molecule has 1 fully saturated rings. The highest BCUT2D eigenvalue weighted by molar-refractivity contribution is 8.18. The van der Waals surface area contributed by atoms with Gasteiger partial charge in [-0.05, 0) is 40.2 Å². The number of nitrogens with one attached hydrogen (secondary N) is 2. The lowest BCUT2D eigenvalue weighted by atomic mass is 10.1. The molecule has 0 saturated carbocycles. The molecule has 0 spiro atoms. The molecule has 0 aliphatic carbocycles. The molecule has 0 aromatic heterocycles. The van der Waals surface area contributed by atoms with E-state index >= 15 is 0 Å². The van der Waals surface area contributed by atoms with Gasteiger partial charge in [-0.2, -0.15) is 0 Å². The summed E-state index contributed by atoms with van der Waals surface area (Å²) in [6.45, 7) is 0. The first-order valence-corrected chi connectivity index (χ1v) is 6.99. The highest BCUT2D eigenvalue weighted by Crippen LogP contribution is 2.22. The largest absolute Gasteiger partial charge is 0.301 e. The van der Waals surface area contributed by atoms with E-state index in [1.807, 2.05) is 30.4 Å². The van der Waals surface area contributed by atoms with Gasteiger partial charge < -0.3 is 5.32 Å². The second kappa shape index (κ2) is 5.35. The van der Waals surface area contributed by atoms with Crippen molar-refractivity contribution in [3.63, 3.8) is 0 Å². The molecule has 0 unspecified atom stereocenters. The molecule has 1 heterocycles. The summed E-state index contributed by atoms with van der Waals surface area (Å²) in [5.41, 5.74) is 1.08. The third kappa shape index (κ3) is 2.65. The Morgan fingerprint density at radius 1 is 1.10 bits per heavy atom. The molecule has 3 nitrogen and oxygen atoms in total. The fourth-order valence-electron chi connectivity index (χ4n) is 2.01. The third-order valence-corrected chi connectivity index (χ3v) is 3.82. The standard InChI is InChI=1S/C16H12N2OS/c17-16-18-15(19)14(20-16)7-3-4-11-8-9-12-5-1-2-6-13(12)10-11/h1-10H,(H2,17,18,19). The van der Waals surface area contributed by atoms with E-state index in [0.717, 1.165) is 17.3 Å². The molecule has 1 aliphatic rings. The van der Waals surface area contributed by atoms with Crippen molar-refractivity contribution < 1.29 is 4.79 Å². The van der Waals surface area contributed by atoms with Crippen LogP contribution >= 0.6 is 11.8 Å². The number of rotatable bonds is 2. The van der Waals surface area contributed by atoms with Crippen LogP contribution < -0.4 is 5.32 Å². The van der Waals surface area contributed by atoms with E-state index in [-0.39, 0.29) is 11.1 Å². The highest BCUT2D eigenvalue weighted by atomic mass is 32.2. The summed E-state index contributed by atoms with van der Waals surface area (Å²) in [5, 5.41) is 12.4. The summed E-state index contributed by atoms with van der Waals surface area (Å²) in [6, 6.07) is 14.4. The van der Waals surface area contributed by atoms with Crippen LogP contribution in [0.1, 0.15) is 5.56 Å². The lowest BCUT2D eigenvalue weighted by Gasteiger charge is -1.98. The van der Waals surface area contributed by atoms with Gasteiger partial charge in [0.15, 0.2) is 5.17 Å². The Morgan fingerprint density at radius 2 is 1.90 bits per heavy atom. The lowest BCUT2D eigenvalue weighted by Crippen LogP contribution is -2.18. The van der Waals surface area contributed by atoms with E-state index in [9.17, 15) is 4.79 Å². The van der Waals surface area contributed by atoms with Crippen molar-refractivity contribution in [3.05, 3.63) is 65.1 Å². The van der Waals surface area contributed by atoms with Gasteiger partial charge in [0.05, 0.1) is 4.91 Å². The smallest absolute Gasteiger partial charge is 0.264 e. The molecule has 2 N–H and O–H groups in total. The Bertz CT molecular complexity index is 762. The molecule has 98 valence electrons. The monoisotopic (exact) mass is 280 g/mol. The van der Waals surface area contributed by atoms with Crippen molar-refractivity contribution in [1.82, 2.24) is 5.32 Å². The number of carbonyl (C=O) groups excluding carboxylic acids is 1. The first-order chi connectivity index (χ1) is 9.72. The van der Waals surface area contributed by atoms with Crippen LogP contribution in [0.3, 0.4) is 0 Å². The van der Waals surface area contributed by atoms with E-state index in [2.05, 4.69) is 29.6 Å². The fourth-order valence-corrected chi connectivity index (χ4v) is 2.67. The number of fused-ring (bicyclic) bond motifs is 1. The summed E-state index contributed by atoms with van der Waals surface area (Å²) in [6.07, 6.45) is 5.52. The SMILES string of the molecule is N=C1NC(=O)C(=CC=Cc2ccc3ccccc3c2)S1. The van der Waals surface area contributed by atoms with Crippen LogP contribution in [0.25, 0.3) is 16.8 Å². The average molecular weight is 280 g/mol. The normalized spacial score (nSPS) is 17.3. The Kier molecular flexibility index (Phi) is 3.39. The van der Waals surface area contributed by atoms with Gasteiger partial charge in [0.2, 0.25) is 0 Å². The van der Waals surface area contributed by atoms with Crippen LogP contribution in [0.4, 0.5) is 0 Å². The quantitative estimate of drug-likeness (QED) is 0.827. The molecular weight excluding hydrogens is 268 g/mol. The first-order valence-electron chi connectivity index (χ1n) is 6.17. The summed E-state index contributed by atoms with van der Waals surface area (Å²) >= 11 is 1.14.